The van der Waals surface area contributed by atoms with E-state index in [-0.39, 0.29) is 0 Å². The summed E-state index contributed by atoms with van der Waals surface area (Å²) < 4.78 is 26.3. The standard InChI is InChI=1S/C9H15NO3S/c1-3-9(14(11,12)13-10)6-4-8(2)5-7-9/h4-6H,3,7,10H2,1-2H3. The van der Waals surface area contributed by atoms with Gasteiger partial charge in [0, 0.05) is 0 Å². The maximum Gasteiger partial charge on any atom is 0.292 e. The van der Waals surface area contributed by atoms with E-state index in [1.54, 1.807) is 19.1 Å². The number of rotatable bonds is 3. The van der Waals surface area contributed by atoms with Crippen molar-refractivity contribution in [1.82, 2.24) is 0 Å². The molecule has 0 aliphatic heterocycles. The Morgan fingerprint density at radius 2 is 2.29 bits per heavy atom. The second kappa shape index (κ2) is 3.84. The Balaban J connectivity index is 3.10. The van der Waals surface area contributed by atoms with E-state index in [4.69, 9.17) is 5.90 Å². The Kier molecular flexibility index (Phi) is 3.14. The Labute approximate surface area is 84.5 Å². The van der Waals surface area contributed by atoms with Crippen molar-refractivity contribution in [1.29, 1.82) is 0 Å². The quantitative estimate of drug-likeness (QED) is 0.722. The molecule has 0 amide bonds. The molecule has 0 aromatic heterocycles. The Morgan fingerprint density at radius 3 is 2.64 bits per heavy atom. The van der Waals surface area contributed by atoms with Crippen molar-refractivity contribution < 1.29 is 12.7 Å². The van der Waals surface area contributed by atoms with Crippen LogP contribution in [0.2, 0.25) is 0 Å². The van der Waals surface area contributed by atoms with Crippen LogP contribution in [-0.4, -0.2) is 13.2 Å². The van der Waals surface area contributed by atoms with Crippen molar-refractivity contribution in [2.45, 2.75) is 31.4 Å². The van der Waals surface area contributed by atoms with Crippen LogP contribution in [0.25, 0.3) is 0 Å². The zero-order chi connectivity index (χ0) is 10.8. The molecule has 0 spiro atoms. The summed E-state index contributed by atoms with van der Waals surface area (Å²) in [5.74, 6) is 4.79. The maximum atomic E-state index is 11.6. The van der Waals surface area contributed by atoms with Crippen LogP contribution in [0.4, 0.5) is 0 Å². The molecule has 0 bridgehead atoms. The van der Waals surface area contributed by atoms with Gasteiger partial charge in [-0.1, -0.05) is 30.7 Å². The zero-order valence-corrected chi connectivity index (χ0v) is 9.17. The van der Waals surface area contributed by atoms with Crippen molar-refractivity contribution in [3.05, 3.63) is 23.8 Å². The van der Waals surface area contributed by atoms with Crippen molar-refractivity contribution >= 4 is 10.1 Å². The fraction of sp³-hybridized carbons (Fsp3) is 0.556. The molecular formula is C9H15NO3S. The number of nitrogens with two attached hydrogens (primary N) is 1. The number of hydrogen-bond acceptors (Lipinski definition) is 4. The van der Waals surface area contributed by atoms with E-state index in [9.17, 15) is 8.42 Å². The molecule has 80 valence electrons. The number of hydrogen-bond donors (Lipinski definition) is 1. The van der Waals surface area contributed by atoms with E-state index in [1.807, 2.05) is 13.0 Å². The Morgan fingerprint density at radius 1 is 1.64 bits per heavy atom. The van der Waals surface area contributed by atoms with Crippen LogP contribution < -0.4 is 5.90 Å². The normalized spacial score (nSPS) is 27.5. The number of allylic oxidation sites excluding steroid dienone is 3. The lowest BCUT2D eigenvalue weighted by atomic mass is 9.94. The van der Waals surface area contributed by atoms with Gasteiger partial charge >= 0.3 is 0 Å². The van der Waals surface area contributed by atoms with E-state index >= 15 is 0 Å². The van der Waals surface area contributed by atoms with E-state index in [1.165, 1.54) is 0 Å². The molecular weight excluding hydrogens is 202 g/mol. The molecule has 1 aliphatic carbocycles. The molecule has 1 atom stereocenters. The molecule has 14 heavy (non-hydrogen) atoms. The minimum absolute atomic E-state index is 0.422. The molecule has 0 heterocycles. The highest BCUT2D eigenvalue weighted by molar-refractivity contribution is 7.88. The molecule has 0 aromatic rings. The van der Waals surface area contributed by atoms with Crippen LogP contribution in [0, 0.1) is 0 Å². The van der Waals surface area contributed by atoms with Gasteiger partial charge in [0.1, 0.15) is 4.75 Å². The van der Waals surface area contributed by atoms with Gasteiger partial charge in [0.05, 0.1) is 0 Å². The second-order valence-electron chi connectivity index (χ2n) is 3.45. The lowest BCUT2D eigenvalue weighted by molar-refractivity contribution is 0.314. The van der Waals surface area contributed by atoms with E-state index in [0.717, 1.165) is 5.57 Å². The molecule has 0 radical (unpaired) electrons. The minimum Gasteiger partial charge on any atom is -0.198 e. The maximum absolute atomic E-state index is 11.6. The van der Waals surface area contributed by atoms with E-state index in [2.05, 4.69) is 4.28 Å². The molecule has 1 rings (SSSR count). The van der Waals surface area contributed by atoms with Crippen LogP contribution in [-0.2, 0) is 14.4 Å². The van der Waals surface area contributed by atoms with Gasteiger partial charge in [0.2, 0.25) is 0 Å². The lowest BCUT2D eigenvalue weighted by Gasteiger charge is -2.28. The van der Waals surface area contributed by atoms with Gasteiger partial charge in [-0.2, -0.15) is 18.6 Å². The van der Waals surface area contributed by atoms with Gasteiger partial charge in [-0.15, -0.1) is 0 Å². The van der Waals surface area contributed by atoms with Gasteiger partial charge in [-0.05, 0) is 19.8 Å². The molecule has 0 fully saturated rings. The highest BCUT2D eigenvalue weighted by atomic mass is 32.2. The first kappa shape index (κ1) is 11.4. The first-order valence-corrected chi connectivity index (χ1v) is 5.87. The molecule has 1 aliphatic rings. The Bertz CT molecular complexity index is 370. The molecule has 2 N–H and O–H groups in total. The third-order valence-corrected chi connectivity index (χ3v) is 4.48. The molecule has 0 saturated heterocycles. The summed E-state index contributed by atoms with van der Waals surface area (Å²) in [6.07, 6.45) is 6.19. The van der Waals surface area contributed by atoms with Crippen LogP contribution in [0.5, 0.6) is 0 Å². The third kappa shape index (κ3) is 1.75. The van der Waals surface area contributed by atoms with Gasteiger partial charge in [-0.3, -0.25) is 0 Å². The molecule has 0 aromatic carbocycles. The van der Waals surface area contributed by atoms with Gasteiger partial charge in [0.15, 0.2) is 0 Å². The monoisotopic (exact) mass is 217 g/mol. The summed E-state index contributed by atoms with van der Waals surface area (Å²) in [4.78, 5) is 0. The van der Waals surface area contributed by atoms with Crippen LogP contribution in [0.15, 0.2) is 23.8 Å². The second-order valence-corrected chi connectivity index (χ2v) is 5.37. The molecule has 4 nitrogen and oxygen atoms in total. The van der Waals surface area contributed by atoms with Crippen LogP contribution >= 0.6 is 0 Å². The fourth-order valence-electron chi connectivity index (χ4n) is 1.47. The van der Waals surface area contributed by atoms with Gasteiger partial charge < -0.3 is 0 Å². The first-order chi connectivity index (χ1) is 6.47. The summed E-state index contributed by atoms with van der Waals surface area (Å²) in [6.45, 7) is 3.72. The molecule has 1 unspecified atom stereocenters. The van der Waals surface area contributed by atoms with Crippen molar-refractivity contribution in [2.75, 3.05) is 0 Å². The predicted molar refractivity (Wildman–Crippen MR) is 54.7 cm³/mol. The van der Waals surface area contributed by atoms with Gasteiger partial charge in [-0.25, -0.2) is 0 Å². The molecule has 0 saturated carbocycles. The third-order valence-electron chi connectivity index (χ3n) is 2.64. The first-order valence-electron chi connectivity index (χ1n) is 4.46. The van der Waals surface area contributed by atoms with Crippen LogP contribution in [0.1, 0.15) is 26.7 Å². The average molecular weight is 217 g/mol. The smallest absolute Gasteiger partial charge is 0.198 e. The zero-order valence-electron chi connectivity index (χ0n) is 8.36. The minimum atomic E-state index is -3.71. The largest absolute Gasteiger partial charge is 0.292 e. The van der Waals surface area contributed by atoms with Crippen LogP contribution in [0.3, 0.4) is 0 Å². The average Bonchev–Trinajstić information content (AvgIpc) is 2.19. The lowest BCUT2D eigenvalue weighted by Crippen LogP contribution is -2.39. The van der Waals surface area contributed by atoms with Crippen molar-refractivity contribution in [3.63, 3.8) is 0 Å². The topological polar surface area (TPSA) is 69.4 Å². The fourth-order valence-corrected chi connectivity index (χ4v) is 2.54. The van der Waals surface area contributed by atoms with Crippen molar-refractivity contribution in [3.8, 4) is 0 Å². The van der Waals surface area contributed by atoms with Crippen molar-refractivity contribution in [2.24, 2.45) is 5.90 Å². The van der Waals surface area contributed by atoms with Gasteiger partial charge in [0.25, 0.3) is 10.1 Å². The highest BCUT2D eigenvalue weighted by Crippen LogP contribution is 2.32. The van der Waals surface area contributed by atoms with E-state index in [0.29, 0.717) is 12.8 Å². The summed E-state index contributed by atoms with van der Waals surface area (Å²) >= 11 is 0. The summed E-state index contributed by atoms with van der Waals surface area (Å²) in [5.41, 5.74) is 1.06. The SMILES string of the molecule is CCC1(S(=O)(=O)ON)C=CC(C)=CC1. The Hall–Kier alpha value is -0.650. The molecule has 5 heteroatoms. The summed E-state index contributed by atoms with van der Waals surface area (Å²) in [6, 6.07) is 0. The predicted octanol–water partition coefficient (Wildman–Crippen LogP) is 1.26. The van der Waals surface area contributed by atoms with E-state index < -0.39 is 14.9 Å². The highest BCUT2D eigenvalue weighted by Gasteiger charge is 2.41. The summed E-state index contributed by atoms with van der Waals surface area (Å²) in [5, 5.41) is 0. The summed E-state index contributed by atoms with van der Waals surface area (Å²) in [7, 11) is -3.71.